The highest BCUT2D eigenvalue weighted by atomic mass is 16.5. The Labute approximate surface area is 161 Å². The van der Waals surface area contributed by atoms with Gasteiger partial charge in [-0.25, -0.2) is 0 Å². The molecule has 1 heterocycles. The molecule has 0 saturated carbocycles. The molecule has 2 aromatic carbocycles. The van der Waals surface area contributed by atoms with Crippen molar-refractivity contribution in [3.8, 4) is 11.5 Å². The van der Waals surface area contributed by atoms with Crippen molar-refractivity contribution in [3.63, 3.8) is 0 Å². The average molecular weight is 368 g/mol. The molecule has 27 heavy (non-hydrogen) atoms. The number of methoxy groups -OCH3 is 1. The minimum absolute atomic E-state index is 0.0307. The lowest BCUT2D eigenvalue weighted by Gasteiger charge is -2.28. The normalized spacial score (nSPS) is 16.2. The summed E-state index contributed by atoms with van der Waals surface area (Å²) < 4.78 is 5.56. The Bertz CT molecular complexity index is 844. The molecule has 0 spiro atoms. The molecule has 1 amide bonds. The van der Waals surface area contributed by atoms with E-state index in [0.29, 0.717) is 12.1 Å². The van der Waals surface area contributed by atoms with Gasteiger partial charge in [0.25, 0.3) is 0 Å². The number of nitrogens with one attached hydrogen (secondary N) is 1. The number of fused-ring (bicyclic) bond motifs is 1. The van der Waals surface area contributed by atoms with E-state index in [4.69, 9.17) is 4.74 Å². The van der Waals surface area contributed by atoms with Crippen molar-refractivity contribution in [2.45, 2.75) is 39.7 Å². The van der Waals surface area contributed by atoms with Gasteiger partial charge in [0.15, 0.2) is 0 Å². The Kier molecular flexibility index (Phi) is 5.71. The van der Waals surface area contributed by atoms with Crippen LogP contribution in [-0.4, -0.2) is 36.1 Å². The van der Waals surface area contributed by atoms with Crippen molar-refractivity contribution in [3.05, 3.63) is 52.6 Å². The number of rotatable bonds is 6. The van der Waals surface area contributed by atoms with Gasteiger partial charge in [-0.1, -0.05) is 26.0 Å². The molecule has 5 nitrogen and oxygen atoms in total. The van der Waals surface area contributed by atoms with E-state index in [-0.39, 0.29) is 17.6 Å². The highest BCUT2D eigenvalue weighted by Crippen LogP contribution is 2.41. The van der Waals surface area contributed by atoms with Gasteiger partial charge in [0.05, 0.1) is 7.11 Å². The van der Waals surface area contributed by atoms with Gasteiger partial charge in [0.1, 0.15) is 11.5 Å². The van der Waals surface area contributed by atoms with Gasteiger partial charge in [-0.05, 0) is 48.8 Å². The quantitative estimate of drug-likeness (QED) is 0.808. The number of ether oxygens (including phenoxy) is 1. The summed E-state index contributed by atoms with van der Waals surface area (Å²) in [5.41, 5.74) is 4.77. The number of anilines is 1. The van der Waals surface area contributed by atoms with Crippen molar-refractivity contribution in [2.24, 2.45) is 0 Å². The van der Waals surface area contributed by atoms with E-state index in [9.17, 15) is 9.90 Å². The molecule has 0 aliphatic carbocycles. The number of phenolic OH excluding ortho intramolecular Hbond substituents is 1. The number of phenols is 1. The Morgan fingerprint density at radius 1 is 1.22 bits per heavy atom. The first-order valence-corrected chi connectivity index (χ1v) is 9.49. The topological polar surface area (TPSA) is 61.8 Å². The van der Waals surface area contributed by atoms with Crippen molar-refractivity contribution >= 4 is 11.6 Å². The van der Waals surface area contributed by atoms with E-state index in [1.807, 2.05) is 25.1 Å². The summed E-state index contributed by atoms with van der Waals surface area (Å²) in [6.07, 6.45) is 0.397. The highest BCUT2D eigenvalue weighted by molar-refractivity contribution is 5.95. The van der Waals surface area contributed by atoms with Crippen LogP contribution in [0.3, 0.4) is 0 Å². The molecular formula is C22H28N2O3. The van der Waals surface area contributed by atoms with E-state index in [1.165, 1.54) is 0 Å². The summed E-state index contributed by atoms with van der Waals surface area (Å²) in [5.74, 6) is 1.01. The van der Waals surface area contributed by atoms with Gasteiger partial charge in [0, 0.05) is 36.2 Å². The minimum Gasteiger partial charge on any atom is -0.508 e. The lowest BCUT2D eigenvalue weighted by Crippen LogP contribution is -2.24. The molecule has 5 heteroatoms. The third-order valence-electron chi connectivity index (χ3n) is 5.40. The van der Waals surface area contributed by atoms with Crippen LogP contribution in [0.15, 0.2) is 30.3 Å². The Morgan fingerprint density at radius 2 is 1.96 bits per heavy atom. The van der Waals surface area contributed by atoms with E-state index in [1.54, 1.807) is 13.2 Å². The summed E-state index contributed by atoms with van der Waals surface area (Å²) in [6.45, 7) is 8.93. The predicted molar refractivity (Wildman–Crippen MR) is 108 cm³/mol. The molecule has 1 aliphatic rings. The summed E-state index contributed by atoms with van der Waals surface area (Å²) in [5, 5.41) is 12.9. The summed E-state index contributed by atoms with van der Waals surface area (Å²) in [4.78, 5) is 14.6. The maximum absolute atomic E-state index is 12.3. The molecule has 1 aliphatic heterocycles. The van der Waals surface area contributed by atoms with Crippen LogP contribution in [-0.2, 0) is 11.3 Å². The molecular weight excluding hydrogens is 340 g/mol. The first kappa shape index (κ1) is 19.2. The van der Waals surface area contributed by atoms with Crippen molar-refractivity contribution in [2.75, 3.05) is 25.5 Å². The number of aryl methyl sites for hydroxylation is 1. The standard InChI is InChI=1S/C22H28N2O3/c1-5-24(6-2)13-16-10-15(7-8-21(16)27-4)17-11-22(26)23-19-12-20(25)14(3)9-18(17)19/h7-10,12,17,25H,5-6,11,13H2,1-4H3,(H,23,26)/t17-/m1/s1. The second-order valence-electron chi connectivity index (χ2n) is 7.06. The fourth-order valence-corrected chi connectivity index (χ4v) is 3.74. The first-order valence-electron chi connectivity index (χ1n) is 9.49. The molecule has 0 bridgehead atoms. The fraction of sp³-hybridized carbons (Fsp3) is 0.409. The minimum atomic E-state index is -0.0330. The van der Waals surface area contributed by atoms with Crippen LogP contribution >= 0.6 is 0 Å². The number of benzene rings is 2. The SMILES string of the molecule is CCN(CC)Cc1cc([C@H]2CC(=O)Nc3cc(O)c(C)cc32)ccc1OC. The number of amides is 1. The number of carbonyl (C=O) groups excluding carboxylic acids is 1. The van der Waals surface area contributed by atoms with Crippen molar-refractivity contribution in [1.29, 1.82) is 0 Å². The fourth-order valence-electron chi connectivity index (χ4n) is 3.74. The second-order valence-corrected chi connectivity index (χ2v) is 7.06. The van der Waals surface area contributed by atoms with E-state index in [0.717, 1.165) is 47.6 Å². The van der Waals surface area contributed by atoms with Gasteiger partial charge < -0.3 is 15.2 Å². The number of nitrogens with zero attached hydrogens (tertiary/aromatic N) is 1. The largest absolute Gasteiger partial charge is 0.508 e. The Hall–Kier alpha value is -2.53. The van der Waals surface area contributed by atoms with Crippen LogP contribution in [0.25, 0.3) is 0 Å². The zero-order chi connectivity index (χ0) is 19.6. The van der Waals surface area contributed by atoms with E-state index >= 15 is 0 Å². The molecule has 3 rings (SSSR count). The molecule has 144 valence electrons. The summed E-state index contributed by atoms with van der Waals surface area (Å²) >= 11 is 0. The van der Waals surface area contributed by atoms with Crippen LogP contribution in [0.5, 0.6) is 11.5 Å². The van der Waals surface area contributed by atoms with E-state index in [2.05, 4.69) is 30.1 Å². The number of hydrogen-bond donors (Lipinski definition) is 2. The lowest BCUT2D eigenvalue weighted by molar-refractivity contribution is -0.116. The second kappa shape index (κ2) is 8.01. The summed E-state index contributed by atoms with van der Waals surface area (Å²) in [7, 11) is 1.69. The van der Waals surface area contributed by atoms with Crippen LogP contribution in [0, 0.1) is 6.92 Å². The number of carbonyl (C=O) groups is 1. The Balaban J connectivity index is 2.04. The maximum atomic E-state index is 12.3. The van der Waals surface area contributed by atoms with Crippen LogP contribution in [0.4, 0.5) is 5.69 Å². The smallest absolute Gasteiger partial charge is 0.225 e. The molecule has 0 aromatic heterocycles. The first-order chi connectivity index (χ1) is 13.0. The van der Waals surface area contributed by atoms with Gasteiger partial charge in [-0.15, -0.1) is 0 Å². The lowest BCUT2D eigenvalue weighted by atomic mass is 9.83. The van der Waals surface area contributed by atoms with Crippen molar-refractivity contribution < 1.29 is 14.6 Å². The average Bonchev–Trinajstić information content (AvgIpc) is 2.66. The van der Waals surface area contributed by atoms with Gasteiger partial charge in [-0.3, -0.25) is 9.69 Å². The third-order valence-corrected chi connectivity index (χ3v) is 5.40. The Morgan fingerprint density at radius 3 is 2.63 bits per heavy atom. The van der Waals surface area contributed by atoms with Crippen LogP contribution in [0.1, 0.15) is 48.4 Å². The zero-order valence-corrected chi connectivity index (χ0v) is 16.5. The predicted octanol–water partition coefficient (Wildman–Crippen LogP) is 4.03. The molecule has 2 N–H and O–H groups in total. The maximum Gasteiger partial charge on any atom is 0.225 e. The molecule has 0 saturated heterocycles. The van der Waals surface area contributed by atoms with Gasteiger partial charge in [-0.2, -0.15) is 0 Å². The molecule has 1 atom stereocenters. The molecule has 0 radical (unpaired) electrons. The van der Waals surface area contributed by atoms with Gasteiger partial charge >= 0.3 is 0 Å². The molecule has 0 unspecified atom stereocenters. The van der Waals surface area contributed by atoms with Crippen LogP contribution < -0.4 is 10.1 Å². The van der Waals surface area contributed by atoms with Crippen LogP contribution in [0.2, 0.25) is 0 Å². The third kappa shape index (κ3) is 3.93. The van der Waals surface area contributed by atoms with Gasteiger partial charge in [0.2, 0.25) is 5.91 Å². The van der Waals surface area contributed by atoms with E-state index < -0.39 is 0 Å². The van der Waals surface area contributed by atoms with Crippen molar-refractivity contribution in [1.82, 2.24) is 4.90 Å². The zero-order valence-electron chi connectivity index (χ0n) is 16.5. The monoisotopic (exact) mass is 368 g/mol. The number of aromatic hydroxyl groups is 1. The highest BCUT2D eigenvalue weighted by Gasteiger charge is 2.28. The number of hydrogen-bond acceptors (Lipinski definition) is 4. The summed E-state index contributed by atoms with van der Waals surface area (Å²) in [6, 6.07) is 9.82. The molecule has 2 aromatic rings. The molecule has 0 fully saturated rings.